The summed E-state index contributed by atoms with van der Waals surface area (Å²) in [7, 11) is 0. The molecule has 0 aromatic carbocycles. The molecule has 7 nitrogen and oxygen atoms in total. The average Bonchev–Trinajstić information content (AvgIpc) is 2.93. The molecule has 30 heavy (non-hydrogen) atoms. The summed E-state index contributed by atoms with van der Waals surface area (Å²) in [6, 6.07) is 0. The van der Waals surface area contributed by atoms with Crippen LogP contribution in [0.25, 0.3) is 0 Å². The molecular formula is C23H32O7. The van der Waals surface area contributed by atoms with Gasteiger partial charge < -0.3 is 20.1 Å². The Morgan fingerprint density at radius 2 is 1.93 bits per heavy atom. The van der Waals surface area contributed by atoms with Crippen LogP contribution in [0.4, 0.5) is 0 Å². The Morgan fingerprint density at radius 1 is 1.23 bits per heavy atom. The zero-order chi connectivity index (χ0) is 22.1. The van der Waals surface area contributed by atoms with Crippen molar-refractivity contribution < 1.29 is 34.4 Å². The van der Waals surface area contributed by atoms with E-state index in [1.807, 2.05) is 13.8 Å². The van der Waals surface area contributed by atoms with E-state index in [1.165, 1.54) is 6.92 Å². The van der Waals surface area contributed by atoms with Crippen molar-refractivity contribution in [3.05, 3.63) is 11.6 Å². The summed E-state index contributed by atoms with van der Waals surface area (Å²) in [6.07, 6.45) is 2.54. The summed E-state index contributed by atoms with van der Waals surface area (Å²) in [6.45, 7) is 4.62. The summed E-state index contributed by atoms with van der Waals surface area (Å²) >= 11 is 0. The lowest BCUT2D eigenvalue weighted by Gasteiger charge is -2.61. The third kappa shape index (κ3) is 2.85. The first-order valence-electron chi connectivity index (χ1n) is 10.9. The minimum atomic E-state index is -1.68. The Balaban J connectivity index is 1.69. The lowest BCUT2D eigenvalue weighted by molar-refractivity contribution is -0.188. The van der Waals surface area contributed by atoms with Gasteiger partial charge in [0.2, 0.25) is 5.78 Å². The van der Waals surface area contributed by atoms with Crippen LogP contribution in [0.5, 0.6) is 0 Å². The van der Waals surface area contributed by atoms with Gasteiger partial charge in [0.1, 0.15) is 5.60 Å². The SMILES string of the molecule is CC(=O)OCC(=O)[C@@]1(O)CC[C@H]2[C@@H]3C[C@H](O)C4=CC(=O)CC[C@]4(C)[C@H]3[C@H](O)C[C@@]21C. The second-order valence-electron chi connectivity index (χ2n) is 10.3. The molecular weight excluding hydrogens is 388 g/mol. The number of esters is 1. The summed E-state index contributed by atoms with van der Waals surface area (Å²) < 4.78 is 4.86. The fraction of sp³-hybridized carbons (Fsp3) is 0.783. The lowest BCUT2D eigenvalue weighted by atomic mass is 9.45. The normalized spacial score (nSPS) is 47.6. The molecule has 8 atom stereocenters. The van der Waals surface area contributed by atoms with Gasteiger partial charge in [-0.1, -0.05) is 13.8 Å². The van der Waals surface area contributed by atoms with Crippen LogP contribution < -0.4 is 0 Å². The highest BCUT2D eigenvalue weighted by molar-refractivity contribution is 5.92. The average molecular weight is 421 g/mol. The molecule has 4 rings (SSSR count). The van der Waals surface area contributed by atoms with Gasteiger partial charge >= 0.3 is 5.97 Å². The summed E-state index contributed by atoms with van der Waals surface area (Å²) in [5, 5.41) is 33.7. The number of aliphatic hydroxyl groups is 3. The van der Waals surface area contributed by atoms with Gasteiger partial charge in [-0.05, 0) is 66.9 Å². The largest absolute Gasteiger partial charge is 0.458 e. The maximum absolute atomic E-state index is 12.9. The van der Waals surface area contributed by atoms with Gasteiger partial charge in [-0.2, -0.15) is 0 Å². The molecule has 7 heteroatoms. The van der Waals surface area contributed by atoms with E-state index in [9.17, 15) is 29.7 Å². The fourth-order valence-corrected chi connectivity index (χ4v) is 7.49. The Hall–Kier alpha value is -1.57. The quantitative estimate of drug-likeness (QED) is 0.589. The topological polar surface area (TPSA) is 121 Å². The van der Waals surface area contributed by atoms with E-state index in [1.54, 1.807) is 6.08 Å². The number of rotatable bonds is 3. The fourth-order valence-electron chi connectivity index (χ4n) is 7.49. The standard InChI is InChI=1S/C23H32O7/c1-12(24)30-11-19(28)23(29)7-5-15-14-9-17(26)16-8-13(25)4-6-21(16,2)20(14)18(27)10-22(15,23)3/h8,14-15,17-18,20,26-27,29H,4-7,9-11H2,1-3H3/t14-,15-,17-,18+,20+,21-,22-,23-/m0/s1. The van der Waals surface area contributed by atoms with Gasteiger partial charge in [0, 0.05) is 18.8 Å². The van der Waals surface area contributed by atoms with E-state index in [4.69, 9.17) is 4.74 Å². The number of ketones is 2. The number of hydrogen-bond donors (Lipinski definition) is 3. The second-order valence-corrected chi connectivity index (χ2v) is 10.3. The van der Waals surface area contributed by atoms with Crippen molar-refractivity contribution >= 4 is 17.5 Å². The molecule has 0 bridgehead atoms. The molecule has 166 valence electrons. The van der Waals surface area contributed by atoms with Crippen LogP contribution in [0.15, 0.2) is 11.6 Å². The van der Waals surface area contributed by atoms with Crippen LogP contribution in [0.3, 0.4) is 0 Å². The summed E-state index contributed by atoms with van der Waals surface area (Å²) in [5.41, 5.74) is -2.29. The third-order valence-electron chi connectivity index (χ3n) is 8.93. The smallest absolute Gasteiger partial charge is 0.303 e. The van der Waals surface area contributed by atoms with Crippen molar-refractivity contribution in [2.24, 2.45) is 28.6 Å². The Labute approximate surface area is 176 Å². The molecule has 3 saturated carbocycles. The van der Waals surface area contributed by atoms with E-state index >= 15 is 0 Å². The van der Waals surface area contributed by atoms with Gasteiger partial charge in [0.25, 0.3) is 0 Å². The molecule has 0 aromatic heterocycles. The molecule has 3 fully saturated rings. The molecule has 0 saturated heterocycles. The zero-order valence-electron chi connectivity index (χ0n) is 17.9. The molecule has 0 radical (unpaired) electrons. The van der Waals surface area contributed by atoms with Gasteiger partial charge in [-0.3, -0.25) is 14.4 Å². The number of Topliss-reactive ketones (excluding diaryl/α,β-unsaturated/α-hetero) is 1. The minimum Gasteiger partial charge on any atom is -0.458 e. The van der Waals surface area contributed by atoms with Crippen LogP contribution in [-0.4, -0.2) is 57.3 Å². The van der Waals surface area contributed by atoms with Gasteiger partial charge in [0.15, 0.2) is 12.4 Å². The predicted molar refractivity (Wildman–Crippen MR) is 106 cm³/mol. The van der Waals surface area contributed by atoms with Crippen LogP contribution in [0.1, 0.15) is 59.3 Å². The van der Waals surface area contributed by atoms with Crippen molar-refractivity contribution in [1.82, 2.24) is 0 Å². The summed E-state index contributed by atoms with van der Waals surface area (Å²) in [5.74, 6) is -1.35. The maximum Gasteiger partial charge on any atom is 0.303 e. The molecule has 4 aliphatic carbocycles. The highest BCUT2D eigenvalue weighted by atomic mass is 16.5. The molecule has 0 heterocycles. The van der Waals surface area contributed by atoms with Crippen molar-refractivity contribution in [1.29, 1.82) is 0 Å². The van der Waals surface area contributed by atoms with Crippen LogP contribution in [0, 0.1) is 28.6 Å². The molecule has 0 aromatic rings. The van der Waals surface area contributed by atoms with E-state index in [2.05, 4.69) is 0 Å². The second kappa shape index (κ2) is 6.97. The van der Waals surface area contributed by atoms with E-state index in [0.717, 1.165) is 5.57 Å². The van der Waals surface area contributed by atoms with Crippen molar-refractivity contribution in [2.75, 3.05) is 6.61 Å². The third-order valence-corrected chi connectivity index (χ3v) is 8.93. The number of carbonyl (C=O) groups is 3. The number of fused-ring (bicyclic) bond motifs is 5. The number of carbonyl (C=O) groups excluding carboxylic acids is 3. The Bertz CT molecular complexity index is 818. The van der Waals surface area contributed by atoms with Gasteiger partial charge in [0.05, 0.1) is 12.2 Å². The molecule has 0 spiro atoms. The van der Waals surface area contributed by atoms with Crippen molar-refractivity contribution in [3.8, 4) is 0 Å². The Kier molecular flexibility index (Phi) is 5.03. The molecule has 3 N–H and O–H groups in total. The predicted octanol–water partition coefficient (Wildman–Crippen LogP) is 1.32. The lowest BCUT2D eigenvalue weighted by Crippen LogP contribution is -2.63. The first kappa shape index (κ1) is 21.7. The van der Waals surface area contributed by atoms with E-state index in [0.29, 0.717) is 25.7 Å². The van der Waals surface area contributed by atoms with Crippen LogP contribution in [0.2, 0.25) is 0 Å². The first-order chi connectivity index (χ1) is 13.9. The minimum absolute atomic E-state index is 0.0152. The van der Waals surface area contributed by atoms with Crippen molar-refractivity contribution in [2.45, 2.75) is 77.1 Å². The van der Waals surface area contributed by atoms with Gasteiger partial charge in [-0.15, -0.1) is 0 Å². The van der Waals surface area contributed by atoms with Crippen LogP contribution in [-0.2, 0) is 19.1 Å². The van der Waals surface area contributed by atoms with E-state index < -0.39 is 47.0 Å². The van der Waals surface area contributed by atoms with Gasteiger partial charge in [-0.25, -0.2) is 0 Å². The molecule has 4 aliphatic rings. The van der Waals surface area contributed by atoms with Crippen molar-refractivity contribution in [3.63, 3.8) is 0 Å². The molecule has 0 unspecified atom stereocenters. The Morgan fingerprint density at radius 3 is 2.60 bits per heavy atom. The highest BCUT2D eigenvalue weighted by Crippen LogP contribution is 2.67. The maximum atomic E-state index is 12.9. The molecule has 0 aliphatic heterocycles. The molecule has 0 amide bonds. The monoisotopic (exact) mass is 420 g/mol. The number of hydrogen-bond acceptors (Lipinski definition) is 7. The van der Waals surface area contributed by atoms with E-state index in [-0.39, 0.29) is 36.4 Å². The van der Waals surface area contributed by atoms with Crippen LogP contribution >= 0.6 is 0 Å². The number of aliphatic hydroxyl groups excluding tert-OH is 2. The zero-order valence-corrected chi connectivity index (χ0v) is 17.9. The first-order valence-corrected chi connectivity index (χ1v) is 10.9. The highest BCUT2D eigenvalue weighted by Gasteiger charge is 2.69. The summed E-state index contributed by atoms with van der Waals surface area (Å²) in [4.78, 5) is 36.0. The number of ether oxygens (including phenoxy) is 1.